The van der Waals surface area contributed by atoms with Crippen LogP contribution in [0.15, 0.2) is 22.8 Å². The molecule has 1 aliphatic rings. The van der Waals surface area contributed by atoms with Crippen molar-refractivity contribution in [2.45, 2.75) is 52.1 Å². The topological polar surface area (TPSA) is 80.3 Å². The largest absolute Gasteiger partial charge is 0.459 e. The molecule has 9 heteroatoms. The fourth-order valence-electron chi connectivity index (χ4n) is 3.45. The molecule has 0 spiro atoms. The average molecular weight is 397 g/mol. The minimum absolute atomic E-state index is 0. The van der Waals surface area contributed by atoms with E-state index in [1.165, 1.54) is 6.26 Å². The molecule has 0 aromatic carbocycles. The van der Waals surface area contributed by atoms with Gasteiger partial charge in [0.1, 0.15) is 0 Å². The molecule has 2 aromatic heterocycles. The second-order valence-corrected chi connectivity index (χ2v) is 7.04. The number of carbonyl (C=O) groups is 1. The molecular formula is C18H29ClN6O2. The summed E-state index contributed by atoms with van der Waals surface area (Å²) in [6, 6.07) is 3.88. The first-order chi connectivity index (χ1) is 12.6. The highest BCUT2D eigenvalue weighted by atomic mass is 35.5. The lowest BCUT2D eigenvalue weighted by atomic mass is 10.1. The Morgan fingerprint density at radius 3 is 2.59 bits per heavy atom. The van der Waals surface area contributed by atoms with Crippen molar-refractivity contribution in [3.05, 3.63) is 30.0 Å². The molecule has 1 saturated heterocycles. The Balaban J connectivity index is 0.00000261. The minimum atomic E-state index is -0.0354. The van der Waals surface area contributed by atoms with Gasteiger partial charge in [0.15, 0.2) is 11.6 Å². The maximum atomic E-state index is 12.5. The van der Waals surface area contributed by atoms with Gasteiger partial charge in [0.25, 0.3) is 5.91 Å². The number of hydrogen-bond acceptors (Lipinski definition) is 6. The Morgan fingerprint density at radius 1 is 1.26 bits per heavy atom. The highest BCUT2D eigenvalue weighted by Gasteiger charge is 2.31. The second kappa shape index (κ2) is 9.85. The Hall–Kier alpha value is -1.93. The third-order valence-corrected chi connectivity index (χ3v) is 4.91. The van der Waals surface area contributed by atoms with Gasteiger partial charge in [-0.3, -0.25) is 9.69 Å². The molecule has 8 nitrogen and oxygen atoms in total. The van der Waals surface area contributed by atoms with E-state index in [2.05, 4.69) is 41.2 Å². The van der Waals surface area contributed by atoms with Crippen LogP contribution >= 0.6 is 12.4 Å². The lowest BCUT2D eigenvalue weighted by Gasteiger charge is -2.38. The number of carbonyl (C=O) groups excluding carboxylic acids is 1. The van der Waals surface area contributed by atoms with Gasteiger partial charge in [-0.15, -0.1) is 17.5 Å². The van der Waals surface area contributed by atoms with E-state index < -0.39 is 0 Å². The summed E-state index contributed by atoms with van der Waals surface area (Å²) < 4.78 is 7.16. The van der Waals surface area contributed by atoms with Gasteiger partial charge in [-0.05, 0) is 42.8 Å². The molecule has 1 amide bonds. The molecular weight excluding hydrogens is 368 g/mol. The van der Waals surface area contributed by atoms with Crippen molar-refractivity contribution < 1.29 is 9.21 Å². The zero-order chi connectivity index (χ0) is 18.5. The molecule has 1 aliphatic heterocycles. The molecule has 0 radical (unpaired) electrons. The van der Waals surface area contributed by atoms with Gasteiger partial charge >= 0.3 is 0 Å². The summed E-state index contributed by atoms with van der Waals surface area (Å²) >= 11 is 0. The first-order valence-electron chi connectivity index (χ1n) is 9.46. The van der Waals surface area contributed by atoms with Crippen LogP contribution in [0.5, 0.6) is 0 Å². The normalized spacial score (nSPS) is 16.4. The van der Waals surface area contributed by atoms with Crippen molar-refractivity contribution in [3.63, 3.8) is 0 Å². The van der Waals surface area contributed by atoms with E-state index in [1.54, 1.807) is 12.1 Å². The molecule has 0 N–H and O–H groups in total. The third-order valence-electron chi connectivity index (χ3n) is 4.91. The van der Waals surface area contributed by atoms with E-state index in [9.17, 15) is 4.79 Å². The van der Waals surface area contributed by atoms with Gasteiger partial charge in [-0.2, -0.15) is 0 Å². The molecule has 1 unspecified atom stereocenters. The maximum absolute atomic E-state index is 12.5. The summed E-state index contributed by atoms with van der Waals surface area (Å²) in [7, 11) is 0. The molecule has 1 atom stereocenters. The lowest BCUT2D eigenvalue weighted by Crippen LogP contribution is -2.50. The van der Waals surface area contributed by atoms with E-state index >= 15 is 0 Å². The summed E-state index contributed by atoms with van der Waals surface area (Å²) in [6.45, 7) is 9.38. The van der Waals surface area contributed by atoms with E-state index in [-0.39, 0.29) is 30.4 Å². The quantitative estimate of drug-likeness (QED) is 0.715. The van der Waals surface area contributed by atoms with E-state index in [1.807, 2.05) is 9.58 Å². The van der Waals surface area contributed by atoms with Gasteiger partial charge in [-0.1, -0.05) is 19.8 Å². The van der Waals surface area contributed by atoms with Crippen molar-refractivity contribution in [1.29, 1.82) is 0 Å². The number of rotatable bonds is 7. The van der Waals surface area contributed by atoms with Gasteiger partial charge in [0, 0.05) is 26.2 Å². The molecule has 0 saturated carbocycles. The minimum Gasteiger partial charge on any atom is -0.459 e. The van der Waals surface area contributed by atoms with Crippen LogP contribution in [-0.2, 0) is 0 Å². The number of unbranched alkanes of at least 4 members (excludes halogenated alkanes) is 1. The van der Waals surface area contributed by atoms with Crippen molar-refractivity contribution in [3.8, 4) is 0 Å². The van der Waals surface area contributed by atoms with Crippen LogP contribution in [0, 0.1) is 0 Å². The van der Waals surface area contributed by atoms with Gasteiger partial charge < -0.3 is 9.32 Å². The third kappa shape index (κ3) is 4.87. The number of hydrogen-bond donors (Lipinski definition) is 0. The predicted molar refractivity (Wildman–Crippen MR) is 104 cm³/mol. The summed E-state index contributed by atoms with van der Waals surface area (Å²) in [5.74, 6) is 1.30. The van der Waals surface area contributed by atoms with E-state index in [0.717, 1.165) is 38.2 Å². The van der Waals surface area contributed by atoms with Crippen LogP contribution in [0.2, 0.25) is 0 Å². The number of nitrogens with zero attached hydrogens (tertiary/aromatic N) is 6. The molecule has 2 aromatic rings. The molecule has 27 heavy (non-hydrogen) atoms. The standard InChI is InChI=1S/C18H28N6O2.ClH/c1-4-5-7-15(17-19-20-21-24(17)14(2)3)22-9-11-23(12-10-22)18(25)16-8-6-13-26-16;/h6,8,13-15H,4-5,7,9-12H2,1-3H3;1H. The zero-order valence-corrected chi connectivity index (χ0v) is 17.1. The first-order valence-corrected chi connectivity index (χ1v) is 9.46. The monoisotopic (exact) mass is 396 g/mol. The first kappa shape index (κ1) is 21.4. The van der Waals surface area contributed by atoms with Gasteiger partial charge in [-0.25, -0.2) is 4.68 Å². The Morgan fingerprint density at radius 2 is 2.00 bits per heavy atom. The summed E-state index contributed by atoms with van der Waals surface area (Å²) in [6.07, 6.45) is 4.82. The number of aromatic nitrogens is 4. The summed E-state index contributed by atoms with van der Waals surface area (Å²) in [5, 5.41) is 12.4. The molecule has 150 valence electrons. The van der Waals surface area contributed by atoms with Gasteiger partial charge in [0.2, 0.25) is 0 Å². The molecule has 0 bridgehead atoms. The Labute approximate surface area is 166 Å². The fraction of sp³-hybridized carbons (Fsp3) is 0.667. The number of furan rings is 1. The molecule has 3 heterocycles. The van der Waals surface area contributed by atoms with E-state index in [0.29, 0.717) is 18.8 Å². The predicted octanol–water partition coefficient (Wildman–Crippen LogP) is 2.96. The highest BCUT2D eigenvalue weighted by Crippen LogP contribution is 2.27. The van der Waals surface area contributed by atoms with Crippen molar-refractivity contribution in [2.75, 3.05) is 26.2 Å². The van der Waals surface area contributed by atoms with Crippen LogP contribution in [0.4, 0.5) is 0 Å². The number of halogens is 1. The fourth-order valence-corrected chi connectivity index (χ4v) is 3.45. The Bertz CT molecular complexity index is 695. The molecule has 0 aliphatic carbocycles. The zero-order valence-electron chi connectivity index (χ0n) is 16.2. The van der Waals surface area contributed by atoms with Crippen molar-refractivity contribution in [1.82, 2.24) is 30.0 Å². The summed E-state index contributed by atoms with van der Waals surface area (Å²) in [4.78, 5) is 16.7. The molecule has 3 rings (SSSR count). The molecule has 1 fully saturated rings. The SMILES string of the molecule is CCCCC(c1nnnn1C(C)C)N1CCN(C(=O)c2ccco2)CC1.Cl. The number of piperazine rings is 1. The second-order valence-electron chi connectivity index (χ2n) is 7.04. The van der Waals surface area contributed by atoms with E-state index in [4.69, 9.17) is 4.42 Å². The number of tetrazole rings is 1. The lowest BCUT2D eigenvalue weighted by molar-refractivity contribution is 0.0511. The van der Waals surface area contributed by atoms with Crippen LogP contribution in [0.25, 0.3) is 0 Å². The Kier molecular flexibility index (Phi) is 7.79. The average Bonchev–Trinajstić information content (AvgIpc) is 3.34. The van der Waals surface area contributed by atoms with Crippen LogP contribution < -0.4 is 0 Å². The van der Waals surface area contributed by atoms with Crippen LogP contribution in [-0.4, -0.2) is 62.1 Å². The van der Waals surface area contributed by atoms with Crippen LogP contribution in [0.1, 0.15) is 68.5 Å². The smallest absolute Gasteiger partial charge is 0.289 e. The van der Waals surface area contributed by atoms with Crippen LogP contribution in [0.3, 0.4) is 0 Å². The summed E-state index contributed by atoms with van der Waals surface area (Å²) in [5.41, 5.74) is 0. The maximum Gasteiger partial charge on any atom is 0.289 e. The van der Waals surface area contributed by atoms with Gasteiger partial charge in [0.05, 0.1) is 18.3 Å². The number of amides is 1. The van der Waals surface area contributed by atoms with Crippen molar-refractivity contribution in [2.24, 2.45) is 0 Å². The highest BCUT2D eigenvalue weighted by molar-refractivity contribution is 5.91. The van der Waals surface area contributed by atoms with Crippen molar-refractivity contribution >= 4 is 18.3 Å².